The zero-order valence-electron chi connectivity index (χ0n) is 21.2. The highest BCUT2D eigenvalue weighted by Crippen LogP contribution is 2.44. The van der Waals surface area contributed by atoms with E-state index in [-0.39, 0.29) is 58.2 Å². The molecule has 4 unspecified atom stereocenters. The van der Waals surface area contributed by atoms with Crippen LogP contribution in [0.2, 0.25) is 0 Å². The van der Waals surface area contributed by atoms with Crippen molar-refractivity contribution in [2.75, 3.05) is 0 Å². The number of aryl methyl sites for hydroxylation is 2. The Balaban J connectivity index is 1.27. The summed E-state index contributed by atoms with van der Waals surface area (Å²) in [5, 5.41) is 0.814. The number of rotatable bonds is 2. The van der Waals surface area contributed by atoms with Crippen molar-refractivity contribution < 1.29 is 19.2 Å². The van der Waals surface area contributed by atoms with E-state index in [2.05, 4.69) is 9.98 Å². The topological polar surface area (TPSA) is 119 Å². The smallest absolute Gasteiger partial charge is 0.211 e. The number of carbonyl (C=O) groups is 4. The van der Waals surface area contributed by atoms with E-state index in [0.29, 0.717) is 10.3 Å². The molecule has 2 heterocycles. The van der Waals surface area contributed by atoms with E-state index in [0.717, 1.165) is 82.9 Å². The minimum atomic E-state index is -0.218. The van der Waals surface area contributed by atoms with Gasteiger partial charge in [-0.25, -0.2) is 20.0 Å². The van der Waals surface area contributed by atoms with Crippen LogP contribution in [0.4, 0.5) is 10.3 Å². The molecule has 38 heavy (non-hydrogen) atoms. The maximum atomic E-state index is 12.9. The average Bonchev–Trinajstić information content (AvgIpc) is 3.67. The van der Waals surface area contributed by atoms with E-state index in [9.17, 15) is 19.2 Å². The Hall–Kier alpha value is -2.98. The molecule has 1 aromatic carbocycles. The fraction of sp³-hybridized carbons (Fsp3) is 0.500. The number of aliphatic imine (C=N–C) groups is 2. The van der Waals surface area contributed by atoms with Crippen LogP contribution in [0.3, 0.4) is 0 Å². The molecule has 0 spiro atoms. The number of hydrogen-bond donors (Lipinski definition) is 0. The molecule has 0 amide bonds. The molecule has 3 aromatic rings. The molecule has 10 heteroatoms. The second kappa shape index (κ2) is 8.77. The number of thiazole rings is 2. The number of nitrogens with zero attached hydrogens (tertiary/aromatic N) is 4. The zero-order valence-corrected chi connectivity index (χ0v) is 22.8. The van der Waals surface area contributed by atoms with Gasteiger partial charge in [0.15, 0.2) is 34.6 Å². The molecule has 4 fully saturated rings. The Kier molecular flexibility index (Phi) is 5.56. The number of ketones is 4. The van der Waals surface area contributed by atoms with Gasteiger partial charge in [-0.15, -0.1) is 0 Å². The molecule has 4 aliphatic carbocycles. The number of benzene rings is 1. The maximum Gasteiger partial charge on any atom is 0.211 e. The van der Waals surface area contributed by atoms with E-state index in [1.54, 1.807) is 0 Å². The van der Waals surface area contributed by atoms with Gasteiger partial charge in [0.2, 0.25) is 10.3 Å². The molecule has 4 atom stereocenters. The van der Waals surface area contributed by atoms with Crippen LogP contribution < -0.4 is 0 Å². The van der Waals surface area contributed by atoms with Crippen LogP contribution in [0, 0.1) is 37.5 Å². The van der Waals surface area contributed by atoms with Crippen LogP contribution in [-0.2, 0) is 19.2 Å². The molecule has 194 valence electrons. The largest absolute Gasteiger partial charge is 0.292 e. The lowest BCUT2D eigenvalue weighted by molar-refractivity contribution is -0.120. The molecule has 0 aliphatic heterocycles. The van der Waals surface area contributed by atoms with Crippen molar-refractivity contribution in [3.8, 4) is 0 Å². The first-order valence-electron chi connectivity index (χ1n) is 13.4. The Morgan fingerprint density at radius 1 is 0.579 bits per heavy atom. The van der Waals surface area contributed by atoms with Crippen LogP contribution >= 0.6 is 22.7 Å². The molecule has 0 bridgehead atoms. The number of fused-ring (bicyclic) bond motifs is 4. The van der Waals surface area contributed by atoms with Crippen molar-refractivity contribution in [2.45, 2.75) is 65.2 Å². The molecular weight excluding hydrogens is 520 g/mol. The Morgan fingerprint density at radius 3 is 1.21 bits per heavy atom. The van der Waals surface area contributed by atoms with Crippen molar-refractivity contribution in [1.82, 2.24) is 9.97 Å². The summed E-state index contributed by atoms with van der Waals surface area (Å²) in [4.78, 5) is 70.1. The summed E-state index contributed by atoms with van der Waals surface area (Å²) in [7, 11) is 0. The Bertz CT molecular complexity index is 1440. The second-order valence-corrected chi connectivity index (χ2v) is 12.9. The molecule has 2 aromatic heterocycles. The number of hydrogen-bond acceptors (Lipinski definition) is 10. The highest BCUT2D eigenvalue weighted by atomic mass is 32.1. The van der Waals surface area contributed by atoms with Crippen molar-refractivity contribution in [3.05, 3.63) is 11.1 Å². The van der Waals surface area contributed by atoms with Crippen LogP contribution in [0.15, 0.2) is 9.98 Å². The van der Waals surface area contributed by atoms with Gasteiger partial charge >= 0.3 is 0 Å². The third kappa shape index (κ3) is 3.45. The van der Waals surface area contributed by atoms with Gasteiger partial charge in [0.05, 0.1) is 20.4 Å². The van der Waals surface area contributed by atoms with E-state index in [1.807, 2.05) is 13.8 Å². The SMILES string of the molecule is Cc1c2nc(N=C3C(=O)C4CCCCC4C3=O)sc2c(C)c2nc(N=C3C(=O)C4CCCCC4C3=O)sc12. The second-order valence-electron chi connectivity index (χ2n) is 11.0. The summed E-state index contributed by atoms with van der Waals surface area (Å²) < 4.78 is 1.79. The summed E-state index contributed by atoms with van der Waals surface area (Å²) in [5.74, 6) is -1.39. The predicted molar refractivity (Wildman–Crippen MR) is 147 cm³/mol. The predicted octanol–water partition coefficient (Wildman–Crippen LogP) is 5.58. The lowest BCUT2D eigenvalue weighted by Crippen LogP contribution is -2.21. The highest BCUT2D eigenvalue weighted by Gasteiger charge is 2.48. The molecule has 0 saturated heterocycles. The van der Waals surface area contributed by atoms with Crippen molar-refractivity contribution in [3.63, 3.8) is 0 Å². The summed E-state index contributed by atoms with van der Waals surface area (Å²) in [6.07, 6.45) is 6.97. The summed E-state index contributed by atoms with van der Waals surface area (Å²) in [6.45, 7) is 3.91. The fourth-order valence-electron chi connectivity index (χ4n) is 6.82. The first-order valence-corrected chi connectivity index (χ1v) is 15.0. The van der Waals surface area contributed by atoms with E-state index < -0.39 is 0 Å². The van der Waals surface area contributed by atoms with Gasteiger partial charge in [-0.1, -0.05) is 48.4 Å². The van der Waals surface area contributed by atoms with Gasteiger partial charge in [0, 0.05) is 23.7 Å². The summed E-state index contributed by atoms with van der Waals surface area (Å²) >= 11 is 2.70. The normalized spacial score (nSPS) is 27.5. The first kappa shape index (κ1) is 24.1. The van der Waals surface area contributed by atoms with E-state index in [1.165, 1.54) is 22.7 Å². The summed E-state index contributed by atoms with van der Waals surface area (Å²) in [5.41, 5.74) is 3.44. The highest BCUT2D eigenvalue weighted by molar-refractivity contribution is 7.24. The van der Waals surface area contributed by atoms with Gasteiger partial charge in [-0.2, -0.15) is 0 Å². The lowest BCUT2D eigenvalue weighted by Gasteiger charge is -2.20. The first-order chi connectivity index (χ1) is 18.3. The monoisotopic (exact) mass is 546 g/mol. The van der Waals surface area contributed by atoms with Gasteiger partial charge < -0.3 is 0 Å². The van der Waals surface area contributed by atoms with E-state index in [4.69, 9.17) is 9.97 Å². The third-order valence-electron chi connectivity index (χ3n) is 8.85. The molecule has 8 nitrogen and oxygen atoms in total. The van der Waals surface area contributed by atoms with Crippen LogP contribution in [-0.4, -0.2) is 44.5 Å². The quantitative estimate of drug-likeness (QED) is 0.414. The van der Waals surface area contributed by atoms with E-state index >= 15 is 0 Å². The number of aromatic nitrogens is 2. The Morgan fingerprint density at radius 2 is 0.895 bits per heavy atom. The fourth-order valence-corrected chi connectivity index (χ4v) is 8.82. The third-order valence-corrected chi connectivity index (χ3v) is 11.0. The van der Waals surface area contributed by atoms with Crippen molar-refractivity contribution >= 4 is 87.9 Å². The maximum absolute atomic E-state index is 12.9. The lowest BCUT2D eigenvalue weighted by atomic mass is 9.81. The minimum Gasteiger partial charge on any atom is -0.292 e. The van der Waals surface area contributed by atoms with Crippen LogP contribution in [0.1, 0.15) is 62.5 Å². The Labute approximate surface area is 226 Å². The van der Waals surface area contributed by atoms with Crippen molar-refractivity contribution in [2.24, 2.45) is 33.7 Å². The zero-order chi connectivity index (χ0) is 26.3. The minimum absolute atomic E-state index is 0.0563. The van der Waals surface area contributed by atoms with Gasteiger partial charge in [0.1, 0.15) is 0 Å². The standard InChI is InChI=1S/C28H26N4O4S2/c1-11-17-26(38-27(29-17)31-19-21(33)13-7-3-4-8-14(13)22(19)34)12(2)18-25(11)37-28(30-18)32-20-23(35)15-9-5-6-10-16(15)24(20)36/h13-16H,3-10H2,1-2H3. The molecule has 0 N–H and O–H groups in total. The van der Waals surface area contributed by atoms with Gasteiger partial charge in [0.25, 0.3) is 0 Å². The number of Topliss-reactive ketones (excluding diaryl/α,β-unsaturated/α-hetero) is 4. The summed E-state index contributed by atoms with van der Waals surface area (Å²) in [6, 6.07) is 0. The van der Waals surface area contributed by atoms with Crippen molar-refractivity contribution in [1.29, 1.82) is 0 Å². The van der Waals surface area contributed by atoms with Gasteiger partial charge in [-0.05, 0) is 50.7 Å². The molecule has 7 rings (SSSR count). The molecule has 0 radical (unpaired) electrons. The average molecular weight is 547 g/mol. The van der Waals surface area contributed by atoms with Crippen LogP contribution in [0.25, 0.3) is 20.4 Å². The molecule has 4 saturated carbocycles. The number of carbonyl (C=O) groups excluding carboxylic acids is 4. The molecular formula is C28H26N4O4S2. The molecule has 4 aliphatic rings. The van der Waals surface area contributed by atoms with Crippen LogP contribution in [0.5, 0.6) is 0 Å². The van der Waals surface area contributed by atoms with Gasteiger partial charge in [-0.3, -0.25) is 19.2 Å².